The van der Waals surface area contributed by atoms with E-state index in [9.17, 15) is 9.90 Å². The van der Waals surface area contributed by atoms with Crippen molar-refractivity contribution in [1.82, 2.24) is 0 Å². The molecule has 0 fully saturated rings. The van der Waals surface area contributed by atoms with Crippen molar-refractivity contribution < 1.29 is 14.3 Å². The predicted octanol–water partition coefficient (Wildman–Crippen LogP) is 3.42. The highest BCUT2D eigenvalue weighted by molar-refractivity contribution is 9.10. The van der Waals surface area contributed by atoms with E-state index < -0.39 is 0 Å². The molecule has 94 valence electrons. The van der Waals surface area contributed by atoms with E-state index in [2.05, 4.69) is 21.2 Å². The minimum atomic E-state index is -0.331. The van der Waals surface area contributed by atoms with Crippen LogP contribution in [-0.4, -0.2) is 18.2 Å². The van der Waals surface area contributed by atoms with Crippen molar-refractivity contribution in [3.05, 3.63) is 41.1 Å². The van der Waals surface area contributed by atoms with Gasteiger partial charge in [0.15, 0.2) is 4.67 Å². The molecule has 0 bridgehead atoms. The molecule has 0 radical (unpaired) electrons. The molecule has 0 saturated carbocycles. The number of halogens is 1. The molecular formula is C12H11BrN2O3. The average Bonchev–Trinajstić information content (AvgIpc) is 2.75. The first kappa shape index (κ1) is 12.5. The zero-order valence-electron chi connectivity index (χ0n) is 9.55. The largest absolute Gasteiger partial charge is 0.508 e. The summed E-state index contributed by atoms with van der Waals surface area (Å²) in [6.45, 7) is 0. The maximum atomic E-state index is 11.9. The molecule has 0 spiro atoms. The molecule has 2 amide bonds. The second-order valence-electron chi connectivity index (χ2n) is 3.61. The van der Waals surface area contributed by atoms with E-state index in [1.165, 1.54) is 17.0 Å². The molecule has 1 aromatic heterocycles. The number of amides is 2. The van der Waals surface area contributed by atoms with Crippen LogP contribution < -0.4 is 10.2 Å². The highest BCUT2D eigenvalue weighted by Gasteiger charge is 2.12. The number of nitrogens with one attached hydrogen (secondary N) is 1. The van der Waals surface area contributed by atoms with Crippen molar-refractivity contribution >= 4 is 33.5 Å². The van der Waals surface area contributed by atoms with E-state index in [-0.39, 0.29) is 11.8 Å². The average molecular weight is 311 g/mol. The third-order valence-corrected chi connectivity index (χ3v) is 2.77. The number of phenolic OH excluding ortho intramolecular Hbond substituents is 1. The van der Waals surface area contributed by atoms with Gasteiger partial charge in [0, 0.05) is 18.8 Å². The third-order valence-electron chi connectivity index (χ3n) is 2.34. The van der Waals surface area contributed by atoms with Crippen molar-refractivity contribution in [3.63, 3.8) is 0 Å². The van der Waals surface area contributed by atoms with Gasteiger partial charge in [-0.2, -0.15) is 0 Å². The number of carbonyl (C=O) groups is 1. The van der Waals surface area contributed by atoms with Gasteiger partial charge in [0.05, 0.1) is 0 Å². The lowest BCUT2D eigenvalue weighted by Gasteiger charge is -2.17. The maximum Gasteiger partial charge on any atom is 0.328 e. The molecule has 0 saturated heterocycles. The molecule has 1 aromatic carbocycles. The summed E-state index contributed by atoms with van der Waals surface area (Å²) in [4.78, 5) is 13.3. The lowest BCUT2D eigenvalue weighted by molar-refractivity contribution is 0.257. The second-order valence-corrected chi connectivity index (χ2v) is 4.39. The van der Waals surface area contributed by atoms with Gasteiger partial charge in [-0.25, -0.2) is 4.79 Å². The molecular weight excluding hydrogens is 300 g/mol. The van der Waals surface area contributed by atoms with E-state index in [4.69, 9.17) is 4.42 Å². The quantitative estimate of drug-likeness (QED) is 0.893. The van der Waals surface area contributed by atoms with E-state index in [0.717, 1.165) is 0 Å². The molecule has 2 aromatic rings. The molecule has 0 unspecified atom stereocenters. The number of hydrogen-bond donors (Lipinski definition) is 2. The first-order valence-corrected chi connectivity index (χ1v) is 5.94. The van der Waals surface area contributed by atoms with Gasteiger partial charge >= 0.3 is 6.03 Å². The van der Waals surface area contributed by atoms with Crippen LogP contribution in [0.2, 0.25) is 0 Å². The molecule has 1 heterocycles. The Morgan fingerprint density at radius 2 is 1.94 bits per heavy atom. The summed E-state index contributed by atoms with van der Waals surface area (Å²) in [5, 5.41) is 11.8. The minimum absolute atomic E-state index is 0.155. The number of phenols is 1. The van der Waals surface area contributed by atoms with Gasteiger partial charge in [0.1, 0.15) is 5.75 Å². The number of benzene rings is 1. The van der Waals surface area contributed by atoms with Crippen molar-refractivity contribution in [2.75, 3.05) is 17.3 Å². The number of carbonyl (C=O) groups excluding carboxylic acids is 1. The third kappa shape index (κ3) is 2.84. The lowest BCUT2D eigenvalue weighted by atomic mass is 10.3. The number of hydrogen-bond acceptors (Lipinski definition) is 3. The number of rotatable bonds is 2. The number of urea groups is 1. The van der Waals surface area contributed by atoms with Crippen molar-refractivity contribution in [1.29, 1.82) is 0 Å². The highest BCUT2D eigenvalue weighted by Crippen LogP contribution is 2.21. The molecule has 18 heavy (non-hydrogen) atoms. The highest BCUT2D eigenvalue weighted by atomic mass is 79.9. The predicted molar refractivity (Wildman–Crippen MR) is 71.9 cm³/mol. The molecule has 6 heteroatoms. The van der Waals surface area contributed by atoms with Crippen molar-refractivity contribution in [2.24, 2.45) is 0 Å². The second kappa shape index (κ2) is 5.14. The Bertz CT molecular complexity index is 551. The number of nitrogens with zero attached hydrogens (tertiary/aromatic N) is 1. The fraction of sp³-hybridized carbons (Fsp3) is 0.0833. The first-order chi connectivity index (χ1) is 8.56. The smallest absolute Gasteiger partial charge is 0.328 e. The summed E-state index contributed by atoms with van der Waals surface area (Å²) >= 11 is 3.15. The normalized spacial score (nSPS) is 10.1. The van der Waals surface area contributed by atoms with Crippen LogP contribution in [-0.2, 0) is 0 Å². The van der Waals surface area contributed by atoms with Gasteiger partial charge < -0.3 is 9.52 Å². The van der Waals surface area contributed by atoms with Crippen molar-refractivity contribution in [2.45, 2.75) is 0 Å². The number of aromatic hydroxyl groups is 1. The SMILES string of the molecule is CN(C(=O)Nc1ccc(Br)o1)c1ccc(O)cc1. The van der Waals surface area contributed by atoms with Crippen molar-refractivity contribution in [3.8, 4) is 5.75 Å². The fourth-order valence-corrected chi connectivity index (χ4v) is 1.67. The van der Waals surface area contributed by atoms with Gasteiger partial charge in [-0.15, -0.1) is 0 Å². The van der Waals surface area contributed by atoms with Gasteiger partial charge in [-0.1, -0.05) is 0 Å². The zero-order valence-corrected chi connectivity index (χ0v) is 11.1. The van der Waals surface area contributed by atoms with Crippen LogP contribution in [0.1, 0.15) is 0 Å². The molecule has 0 aliphatic rings. The van der Waals surface area contributed by atoms with Crippen LogP contribution in [0.5, 0.6) is 5.75 Å². The van der Waals surface area contributed by atoms with E-state index >= 15 is 0 Å². The fourth-order valence-electron chi connectivity index (χ4n) is 1.36. The van der Waals surface area contributed by atoms with E-state index in [0.29, 0.717) is 16.2 Å². The van der Waals surface area contributed by atoms with Crippen LogP contribution in [0.4, 0.5) is 16.4 Å². The lowest BCUT2D eigenvalue weighted by Crippen LogP contribution is -2.30. The van der Waals surface area contributed by atoms with Gasteiger partial charge in [-0.3, -0.25) is 10.2 Å². The van der Waals surface area contributed by atoms with Crippen LogP contribution in [0.3, 0.4) is 0 Å². The molecule has 5 nitrogen and oxygen atoms in total. The van der Waals surface area contributed by atoms with E-state index in [1.54, 1.807) is 31.3 Å². The van der Waals surface area contributed by atoms with Gasteiger partial charge in [-0.05, 0) is 46.3 Å². The molecule has 2 N–H and O–H groups in total. The first-order valence-electron chi connectivity index (χ1n) is 5.15. The maximum absolute atomic E-state index is 11.9. The van der Waals surface area contributed by atoms with Crippen LogP contribution in [0.25, 0.3) is 0 Å². The topological polar surface area (TPSA) is 65.7 Å². The molecule has 0 aliphatic heterocycles. The Hall–Kier alpha value is -1.95. The monoisotopic (exact) mass is 310 g/mol. The van der Waals surface area contributed by atoms with Gasteiger partial charge in [0.25, 0.3) is 0 Å². The Kier molecular flexibility index (Phi) is 3.57. The van der Waals surface area contributed by atoms with E-state index in [1.807, 2.05) is 0 Å². The standard InChI is InChI=1S/C12H11BrN2O3/c1-15(8-2-4-9(16)5-3-8)12(17)14-11-7-6-10(13)18-11/h2-7,16H,1H3,(H,14,17). The summed E-state index contributed by atoms with van der Waals surface area (Å²) in [6, 6.07) is 9.33. The zero-order chi connectivity index (χ0) is 13.1. The number of furan rings is 1. The summed E-state index contributed by atoms with van der Waals surface area (Å²) in [6.07, 6.45) is 0. The Labute approximate surface area is 112 Å². The van der Waals surface area contributed by atoms with Gasteiger partial charge in [0.2, 0.25) is 5.88 Å². The summed E-state index contributed by atoms with van der Waals surface area (Å²) in [5.74, 6) is 0.514. The Morgan fingerprint density at radius 1 is 1.28 bits per heavy atom. The summed E-state index contributed by atoms with van der Waals surface area (Å²) < 4.78 is 5.72. The minimum Gasteiger partial charge on any atom is -0.508 e. The summed E-state index contributed by atoms with van der Waals surface area (Å²) in [5.41, 5.74) is 0.663. The Morgan fingerprint density at radius 3 is 2.50 bits per heavy atom. The Balaban J connectivity index is 2.07. The molecule has 0 atom stereocenters. The van der Waals surface area contributed by atoms with Crippen LogP contribution >= 0.6 is 15.9 Å². The number of anilines is 2. The molecule has 0 aliphatic carbocycles. The molecule has 2 rings (SSSR count). The van der Waals surface area contributed by atoms with Crippen LogP contribution in [0.15, 0.2) is 45.5 Å². The summed E-state index contributed by atoms with van der Waals surface area (Å²) in [7, 11) is 1.62. The van der Waals surface area contributed by atoms with Crippen LogP contribution in [0, 0.1) is 0 Å².